The topological polar surface area (TPSA) is 414 Å². The van der Waals surface area contributed by atoms with E-state index in [1.165, 1.54) is 37.5 Å². The molecule has 0 saturated carbocycles. The molecule has 2 aromatic carbocycles. The van der Waals surface area contributed by atoms with E-state index in [1.54, 1.807) is 30.3 Å². The molecule has 0 unspecified atom stereocenters. The minimum atomic E-state index is -1.79. The number of carbonyl (C=O) groups is 11. The molecule has 2 fully saturated rings. The van der Waals surface area contributed by atoms with E-state index in [4.69, 9.17) is 16.3 Å². The van der Waals surface area contributed by atoms with Gasteiger partial charge in [-0.25, -0.2) is 4.39 Å². The molecule has 2 aromatic rings. The van der Waals surface area contributed by atoms with Gasteiger partial charge in [0.1, 0.15) is 48.1 Å². The zero-order chi connectivity index (χ0) is 57.7. The number of nitrogens with one attached hydrogen (secondary N) is 10. The first kappa shape index (κ1) is 63.9. The zero-order valence-corrected chi connectivity index (χ0v) is 45.4. The van der Waals surface area contributed by atoms with E-state index < -0.39 is 133 Å². The van der Waals surface area contributed by atoms with Crippen molar-refractivity contribution in [2.45, 2.75) is 87.2 Å². The van der Waals surface area contributed by atoms with Crippen molar-refractivity contribution in [3.63, 3.8) is 0 Å². The van der Waals surface area contributed by atoms with Crippen LogP contribution in [0, 0.1) is 5.82 Å². The third-order valence-electron chi connectivity index (χ3n) is 11.4. The normalized spacial score (nSPS) is 22.5. The third kappa shape index (κ3) is 24.3. The van der Waals surface area contributed by atoms with Gasteiger partial charge < -0.3 is 74.6 Å². The number of fused-ring (bicyclic) bond motifs is 5. The molecule has 2 aliphatic rings. The lowest BCUT2D eigenvalue weighted by Gasteiger charge is -2.27. The number of benzene rings is 2. The number of aliphatic carboxylic acids is 1. The Hall–Kier alpha value is -7.67. The Kier molecular flexibility index (Phi) is 27.7. The summed E-state index contributed by atoms with van der Waals surface area (Å²) in [5.41, 5.74) is 12.0. The third-order valence-corrected chi connectivity index (χ3v) is 14.9. The first-order chi connectivity index (χ1) is 37.8. The molecular formula is C48H65FN14O13S3. The Morgan fingerprint density at radius 1 is 0.722 bits per heavy atom. The fourth-order valence-electron chi connectivity index (χ4n) is 7.34. The Bertz CT molecular complexity index is 2510. The number of aliphatic imine (C=N–C) groups is 1. The minimum absolute atomic E-state index is 0.0184. The van der Waals surface area contributed by atoms with Crippen molar-refractivity contribution >= 4 is 111 Å². The molecule has 10 amide bonds. The zero-order valence-electron chi connectivity index (χ0n) is 42.9. The van der Waals surface area contributed by atoms with Gasteiger partial charge >= 0.3 is 5.97 Å². The minimum Gasteiger partial charge on any atom is -0.481 e. The van der Waals surface area contributed by atoms with Gasteiger partial charge in [0, 0.05) is 43.8 Å². The van der Waals surface area contributed by atoms with E-state index in [0.717, 1.165) is 33.3 Å². The van der Waals surface area contributed by atoms with E-state index in [2.05, 4.69) is 63.3 Å². The van der Waals surface area contributed by atoms with E-state index >= 15 is 0 Å². The van der Waals surface area contributed by atoms with Crippen LogP contribution < -0.4 is 64.6 Å². The standard InChI is InChI=1S/C48H65FN14O13S3/c1-52-41(69)34-23-77-26-39(66)57-31(10-5-6-16-53-38(65)22-76-56-20-28-12-14-29(49)15-13-28)43(71)62-35-24-78-79-25-36(47(75)60-32(44(72)61-34)18-27-8-3-2-4-9-27)63-45(73)33(19-40(67)68)58-37(64)21-55-42(70)30(59-46(35)74)11-7-17-54-48(50)51/h2-4,8-9,12-15,20,30-36H,5-7,10-11,16-19,21-26H2,1H3,(H,52,69)(H,53,65)(H,55,70)(H,57,66)(H,58,64)(H,59,74)(H,60,75)(H,61,72)(H,62,71)(H,63,73)(H,67,68)(H4,50,51,54)/b56-20+/t30-,31-,32-,33-,34-,35-,36-/m0/s1. The number of nitrogens with zero attached hydrogens (tertiary/aromatic N) is 2. The fourth-order valence-corrected chi connectivity index (χ4v) is 10.5. The van der Waals surface area contributed by atoms with Gasteiger partial charge in [-0.05, 0) is 55.4 Å². The summed E-state index contributed by atoms with van der Waals surface area (Å²) in [6, 6.07) is 3.67. The molecule has 0 radical (unpaired) electrons. The van der Waals surface area contributed by atoms with Crippen molar-refractivity contribution in [3.8, 4) is 0 Å². The molecule has 0 aromatic heterocycles. The van der Waals surface area contributed by atoms with E-state index in [1.807, 2.05) is 0 Å². The fraction of sp³-hybridized carbons (Fsp3) is 0.479. The lowest BCUT2D eigenvalue weighted by molar-refractivity contribution is -0.141. The Morgan fingerprint density at radius 2 is 1.33 bits per heavy atom. The van der Waals surface area contributed by atoms with Crippen LogP contribution in [0.15, 0.2) is 64.7 Å². The monoisotopic (exact) mass is 1160 g/mol. The van der Waals surface area contributed by atoms with Gasteiger partial charge in [-0.15, -0.1) is 11.8 Å². The molecule has 7 atom stereocenters. The number of hydrogen-bond donors (Lipinski definition) is 13. The number of unbranched alkanes of at least 4 members (excludes halogenated alkanes) is 1. The van der Waals surface area contributed by atoms with Crippen LogP contribution in [0.1, 0.15) is 49.7 Å². The second kappa shape index (κ2) is 34.3. The van der Waals surface area contributed by atoms with Crippen molar-refractivity contribution in [2.24, 2.45) is 21.6 Å². The Morgan fingerprint density at radius 3 is 1.97 bits per heavy atom. The summed E-state index contributed by atoms with van der Waals surface area (Å²) in [5.74, 6) is -11.8. The lowest BCUT2D eigenvalue weighted by Crippen LogP contribution is -2.60. The predicted octanol–water partition coefficient (Wildman–Crippen LogP) is -3.37. The number of likely N-dealkylation sites (N-methyl/N-ethyl adjacent to an activating group) is 1. The summed E-state index contributed by atoms with van der Waals surface area (Å²) in [6.07, 6.45) is 0.696. The van der Waals surface area contributed by atoms with Gasteiger partial charge in [0.15, 0.2) is 12.6 Å². The maximum Gasteiger partial charge on any atom is 0.305 e. The molecule has 2 saturated heterocycles. The van der Waals surface area contributed by atoms with Crippen LogP contribution in [-0.2, 0) is 64.0 Å². The van der Waals surface area contributed by atoms with Gasteiger partial charge in [0.2, 0.25) is 53.2 Å². The maximum atomic E-state index is 14.4. The summed E-state index contributed by atoms with van der Waals surface area (Å²) < 4.78 is 13.2. The van der Waals surface area contributed by atoms with Crippen molar-refractivity contribution in [1.82, 2.24) is 53.2 Å². The SMILES string of the molecule is CNC(=O)[C@@H]1CSCC(=O)N[C@@H](CCCCNC(=O)CO/N=C/c2ccc(F)cc2)C(=O)N[C@H]2CSSC[C@H](NC(=O)[C@H](CC(=O)O)NC(=O)CNC(=O)[C@H](CCCN=C(N)N)NC2=O)C(=O)N[C@@H](Cc2ccccc2)C(=O)N1. The van der Waals surface area contributed by atoms with Crippen LogP contribution in [0.2, 0.25) is 0 Å². The van der Waals surface area contributed by atoms with Crippen molar-refractivity contribution in [2.75, 3.05) is 56.3 Å². The van der Waals surface area contributed by atoms with Crippen LogP contribution in [-0.4, -0.2) is 181 Å². The molecule has 0 aliphatic carbocycles. The number of amides is 10. The number of carboxylic acids is 1. The molecule has 27 nitrogen and oxygen atoms in total. The highest BCUT2D eigenvalue weighted by Gasteiger charge is 2.35. The summed E-state index contributed by atoms with van der Waals surface area (Å²) >= 11 is 0.924. The number of halogens is 1. The molecule has 2 heterocycles. The van der Waals surface area contributed by atoms with Crippen molar-refractivity contribution < 1.29 is 67.1 Å². The first-order valence-corrected chi connectivity index (χ1v) is 28.4. The molecule has 4 rings (SSSR count). The molecule has 2 bridgehead atoms. The van der Waals surface area contributed by atoms with Crippen molar-refractivity contribution in [3.05, 3.63) is 71.5 Å². The van der Waals surface area contributed by atoms with Gasteiger partial charge in [-0.1, -0.05) is 69.2 Å². The summed E-state index contributed by atoms with van der Waals surface area (Å²) in [4.78, 5) is 158. The molecule has 0 spiro atoms. The van der Waals surface area contributed by atoms with E-state index in [0.29, 0.717) is 11.1 Å². The number of rotatable bonds is 18. The second-order valence-electron chi connectivity index (χ2n) is 17.6. The first-order valence-electron chi connectivity index (χ1n) is 24.7. The van der Waals surface area contributed by atoms with Crippen LogP contribution in [0.25, 0.3) is 0 Å². The van der Waals surface area contributed by atoms with Crippen molar-refractivity contribution in [1.29, 1.82) is 0 Å². The predicted molar refractivity (Wildman–Crippen MR) is 292 cm³/mol. The van der Waals surface area contributed by atoms with Gasteiger partial charge in [-0.2, -0.15) is 0 Å². The number of hydrogen-bond acceptors (Lipinski definition) is 17. The lowest BCUT2D eigenvalue weighted by atomic mass is 10.0. The van der Waals surface area contributed by atoms with E-state index in [9.17, 15) is 62.2 Å². The van der Waals surface area contributed by atoms with Crippen LogP contribution >= 0.6 is 33.3 Å². The molecule has 79 heavy (non-hydrogen) atoms. The highest BCUT2D eigenvalue weighted by molar-refractivity contribution is 8.76. The molecular weight excluding hydrogens is 1100 g/mol. The quantitative estimate of drug-likeness (QED) is 0.0228. The van der Waals surface area contributed by atoms with Gasteiger partial charge in [0.05, 0.1) is 24.9 Å². The molecule has 2 aliphatic heterocycles. The number of carboxylic acid groups (broad SMARTS) is 1. The summed E-state index contributed by atoms with van der Waals surface area (Å²) in [6.45, 7) is -1.15. The summed E-state index contributed by atoms with van der Waals surface area (Å²) in [5, 5.41) is 38.8. The number of nitrogens with two attached hydrogens (primary N) is 2. The average molecular weight is 1160 g/mol. The maximum absolute atomic E-state index is 14.4. The Labute approximate surface area is 465 Å². The molecule has 31 heteroatoms. The summed E-state index contributed by atoms with van der Waals surface area (Å²) in [7, 11) is 3.18. The number of thioether (sulfide) groups is 1. The molecule has 430 valence electrons. The van der Waals surface area contributed by atoms with Crippen LogP contribution in [0.3, 0.4) is 0 Å². The second-order valence-corrected chi connectivity index (χ2v) is 21.2. The number of guanidine groups is 1. The number of carbonyl (C=O) groups excluding carboxylic acids is 10. The highest BCUT2D eigenvalue weighted by Crippen LogP contribution is 2.24. The Balaban J connectivity index is 1.68. The average Bonchev–Trinajstić information content (AvgIpc) is 3.41. The molecule has 15 N–H and O–H groups in total. The highest BCUT2D eigenvalue weighted by atomic mass is 33.1. The van der Waals surface area contributed by atoms with Crippen LogP contribution in [0.4, 0.5) is 4.39 Å². The largest absolute Gasteiger partial charge is 0.481 e. The smallest absolute Gasteiger partial charge is 0.305 e. The van der Waals surface area contributed by atoms with E-state index in [-0.39, 0.29) is 80.6 Å². The van der Waals surface area contributed by atoms with Gasteiger partial charge in [0.25, 0.3) is 5.91 Å². The number of oxime groups is 1. The van der Waals surface area contributed by atoms with Crippen LogP contribution in [0.5, 0.6) is 0 Å². The van der Waals surface area contributed by atoms with Gasteiger partial charge in [-0.3, -0.25) is 57.7 Å².